The summed E-state index contributed by atoms with van der Waals surface area (Å²) < 4.78 is 13.5. The van der Waals surface area contributed by atoms with Crippen LogP contribution in [0.25, 0.3) is 0 Å². The quantitative estimate of drug-likeness (QED) is 0.506. The van der Waals surface area contributed by atoms with Gasteiger partial charge in [0.05, 0.1) is 0 Å². The summed E-state index contributed by atoms with van der Waals surface area (Å²) in [4.78, 5) is 16.1. The monoisotopic (exact) mass is 210 g/mol. The average Bonchev–Trinajstić information content (AvgIpc) is 1.89. The first-order valence-electron chi connectivity index (χ1n) is 1.67. The molecule has 0 aromatic carbocycles. The molecule has 0 aliphatic carbocycles. The molecule has 4 atom stereocenters. The lowest BCUT2D eigenvalue weighted by Crippen LogP contribution is -1.57. The lowest BCUT2D eigenvalue weighted by molar-refractivity contribution is 0.484. The predicted molar refractivity (Wildman–Crippen MR) is 41.0 cm³/mol. The highest BCUT2D eigenvalue weighted by molar-refractivity contribution is 7.49. The summed E-state index contributed by atoms with van der Waals surface area (Å²) in [6.07, 6.45) is 0. The van der Waals surface area contributed by atoms with Gasteiger partial charge in [0.2, 0.25) is 0 Å². The molecule has 0 saturated carbocycles. The first-order valence-corrected chi connectivity index (χ1v) is 5.02. The third-order valence-electron chi connectivity index (χ3n) is 0.258. The van der Waals surface area contributed by atoms with Gasteiger partial charge in [-0.05, 0) is 0 Å². The molecule has 0 aromatic heterocycles. The zero-order chi connectivity index (χ0) is 6.95. The van der Waals surface area contributed by atoms with E-state index in [2.05, 4.69) is 12.9 Å². The second kappa shape index (κ2) is 9.52. The SMILES string of the molecule is OPOPOPOPO. The minimum Gasteiger partial charge on any atom is -0.352 e. The van der Waals surface area contributed by atoms with E-state index in [9.17, 15) is 0 Å². The fraction of sp³-hybridized carbons (Fsp3) is 0. The van der Waals surface area contributed by atoms with Gasteiger partial charge in [0, 0.05) is 0 Å². The molecule has 0 rings (SSSR count). The summed E-state index contributed by atoms with van der Waals surface area (Å²) in [7, 11) is -1.54. The van der Waals surface area contributed by atoms with Crippen LogP contribution in [-0.2, 0) is 12.9 Å². The molecule has 0 aliphatic heterocycles. The first kappa shape index (κ1) is 10.5. The Morgan fingerprint density at radius 1 is 0.778 bits per heavy atom. The molecule has 5 nitrogen and oxygen atoms in total. The van der Waals surface area contributed by atoms with Gasteiger partial charge in [-0.1, -0.05) is 0 Å². The van der Waals surface area contributed by atoms with Gasteiger partial charge in [-0.25, -0.2) is 0 Å². The van der Waals surface area contributed by atoms with E-state index in [0.29, 0.717) is 0 Å². The molecule has 9 heteroatoms. The maximum atomic E-state index is 8.07. The third kappa shape index (κ3) is 9.52. The largest absolute Gasteiger partial charge is 0.352 e. The Kier molecular flexibility index (Phi) is 11.1. The van der Waals surface area contributed by atoms with Crippen LogP contribution in [0, 0.1) is 0 Å². The molecule has 56 valence electrons. The van der Waals surface area contributed by atoms with Crippen molar-refractivity contribution in [3.8, 4) is 0 Å². The van der Waals surface area contributed by atoms with E-state index in [1.165, 1.54) is 0 Å². The summed E-state index contributed by atoms with van der Waals surface area (Å²) in [5.41, 5.74) is 0. The topological polar surface area (TPSA) is 68.2 Å². The number of hydrogen-bond acceptors (Lipinski definition) is 5. The highest BCUT2D eigenvalue weighted by Gasteiger charge is 1.86. The van der Waals surface area contributed by atoms with E-state index >= 15 is 0 Å². The van der Waals surface area contributed by atoms with Crippen LogP contribution in [0.2, 0.25) is 0 Å². The van der Waals surface area contributed by atoms with Crippen molar-refractivity contribution in [2.75, 3.05) is 0 Å². The van der Waals surface area contributed by atoms with Crippen LogP contribution >= 0.6 is 36.1 Å². The van der Waals surface area contributed by atoms with Crippen LogP contribution in [0.15, 0.2) is 0 Å². The average molecular weight is 210 g/mol. The number of hydrogen-bond donors (Lipinski definition) is 2. The van der Waals surface area contributed by atoms with Gasteiger partial charge in [0.1, 0.15) is 0 Å². The second-order valence-corrected chi connectivity index (χ2v) is 3.80. The Labute approximate surface area is 59.7 Å². The standard InChI is InChI=1S/H6O5P4/c1-6-3-8-5-9-4-7-2/h1-2,6-9H. The molecule has 0 aliphatic rings. The molecule has 0 heterocycles. The Hall–Kier alpha value is 1.52. The smallest absolute Gasteiger partial charge is 0.167 e. The van der Waals surface area contributed by atoms with Crippen LogP contribution in [0.5, 0.6) is 0 Å². The number of rotatable bonds is 6. The highest BCUT2D eigenvalue weighted by atomic mass is 31.2. The van der Waals surface area contributed by atoms with Crippen LogP contribution < -0.4 is 0 Å². The fourth-order valence-corrected chi connectivity index (χ4v) is 1.61. The molecular formula is H6O5P4. The lowest BCUT2D eigenvalue weighted by Gasteiger charge is -1.98. The molecule has 0 amide bonds. The van der Waals surface area contributed by atoms with Crippen LogP contribution in [0.3, 0.4) is 0 Å². The van der Waals surface area contributed by atoms with Crippen LogP contribution in [-0.4, -0.2) is 9.79 Å². The minimum atomic E-state index is -0.554. The molecule has 4 unspecified atom stereocenters. The van der Waals surface area contributed by atoms with Crippen molar-refractivity contribution in [3.63, 3.8) is 0 Å². The van der Waals surface area contributed by atoms with Crippen LogP contribution in [0.1, 0.15) is 0 Å². The van der Waals surface area contributed by atoms with Crippen molar-refractivity contribution in [2.24, 2.45) is 0 Å². The summed E-state index contributed by atoms with van der Waals surface area (Å²) in [6.45, 7) is 0. The maximum absolute atomic E-state index is 8.07. The zero-order valence-corrected chi connectivity index (χ0v) is 8.12. The Morgan fingerprint density at radius 2 is 1.22 bits per heavy atom. The fourth-order valence-electron chi connectivity index (χ4n) is 0.0959. The molecule has 0 fully saturated rings. The minimum absolute atomic E-state index is 0.215. The van der Waals surface area contributed by atoms with Gasteiger partial charge in [-0.3, -0.25) is 12.9 Å². The third-order valence-corrected chi connectivity index (χ3v) is 2.32. The van der Waals surface area contributed by atoms with Gasteiger partial charge in [-0.15, -0.1) is 0 Å². The van der Waals surface area contributed by atoms with E-state index in [1.807, 2.05) is 0 Å². The van der Waals surface area contributed by atoms with Crippen molar-refractivity contribution < 1.29 is 22.7 Å². The van der Waals surface area contributed by atoms with E-state index in [0.717, 1.165) is 0 Å². The highest BCUT2D eigenvalue weighted by Crippen LogP contribution is 2.35. The lowest BCUT2D eigenvalue weighted by atomic mass is 15.8. The summed E-state index contributed by atoms with van der Waals surface area (Å²) in [5.74, 6) is 0. The summed E-state index contributed by atoms with van der Waals surface area (Å²) >= 11 is 0. The molecule has 0 spiro atoms. The van der Waals surface area contributed by atoms with Crippen molar-refractivity contribution in [1.29, 1.82) is 0 Å². The molecule has 0 saturated heterocycles. The van der Waals surface area contributed by atoms with Gasteiger partial charge in [-0.2, -0.15) is 0 Å². The molecular weight excluding hydrogens is 204 g/mol. The van der Waals surface area contributed by atoms with E-state index < -0.39 is 18.1 Å². The Bertz CT molecular complexity index is 42.2. The molecule has 9 heavy (non-hydrogen) atoms. The molecule has 0 bridgehead atoms. The normalized spacial score (nSPS) is 15.3. The van der Waals surface area contributed by atoms with Gasteiger partial charge >= 0.3 is 0 Å². The van der Waals surface area contributed by atoms with Gasteiger partial charge in [0.25, 0.3) is 0 Å². The molecule has 2 N–H and O–H groups in total. The Morgan fingerprint density at radius 3 is 1.56 bits per heavy atom. The van der Waals surface area contributed by atoms with Crippen molar-refractivity contribution in [3.05, 3.63) is 0 Å². The predicted octanol–water partition coefficient (Wildman–Crippen LogP) is 1.05. The Balaban J connectivity index is 2.60. The van der Waals surface area contributed by atoms with Crippen molar-refractivity contribution in [1.82, 2.24) is 0 Å². The summed E-state index contributed by atoms with van der Waals surface area (Å²) in [6, 6.07) is 0. The van der Waals surface area contributed by atoms with E-state index in [-0.39, 0.29) is 18.1 Å². The van der Waals surface area contributed by atoms with Crippen molar-refractivity contribution in [2.45, 2.75) is 0 Å². The van der Waals surface area contributed by atoms with Crippen LogP contribution in [0.4, 0.5) is 0 Å². The molecule has 0 radical (unpaired) electrons. The first-order chi connectivity index (χ1) is 4.41. The zero-order valence-electron chi connectivity index (χ0n) is 4.12. The van der Waals surface area contributed by atoms with Gasteiger partial charge in [0.15, 0.2) is 36.1 Å². The molecule has 0 aromatic rings. The van der Waals surface area contributed by atoms with Crippen molar-refractivity contribution >= 4 is 36.1 Å². The van der Waals surface area contributed by atoms with E-state index in [4.69, 9.17) is 9.79 Å². The maximum Gasteiger partial charge on any atom is 0.167 e. The summed E-state index contributed by atoms with van der Waals surface area (Å²) in [5, 5.41) is 0. The van der Waals surface area contributed by atoms with E-state index in [1.54, 1.807) is 0 Å². The second-order valence-electron chi connectivity index (χ2n) is 0.655. The van der Waals surface area contributed by atoms with Gasteiger partial charge < -0.3 is 9.79 Å².